The predicted molar refractivity (Wildman–Crippen MR) is 161 cm³/mol. The zero-order valence-corrected chi connectivity index (χ0v) is 24.7. The topological polar surface area (TPSA) is 54.9 Å². The highest BCUT2D eigenvalue weighted by atomic mass is 35.5. The van der Waals surface area contributed by atoms with E-state index >= 15 is 0 Å². The molecule has 0 saturated carbocycles. The van der Waals surface area contributed by atoms with Crippen LogP contribution in [0, 0.1) is 0 Å². The van der Waals surface area contributed by atoms with Crippen molar-refractivity contribution in [3.05, 3.63) is 87.4 Å². The van der Waals surface area contributed by atoms with E-state index in [-0.39, 0.29) is 0 Å². The Morgan fingerprint density at radius 3 is 1.97 bits per heavy atom. The van der Waals surface area contributed by atoms with E-state index < -0.39 is 11.1 Å². The minimum absolute atomic E-state index is 0.512. The van der Waals surface area contributed by atoms with E-state index in [0.717, 1.165) is 16.7 Å². The average Bonchev–Trinajstić information content (AvgIpc) is 3.58. The molecule has 2 N–H and O–H groups in total. The van der Waals surface area contributed by atoms with Gasteiger partial charge in [0.05, 0.1) is 24.8 Å². The average molecular weight is 573 g/mol. The monoisotopic (exact) mass is 571 g/mol. The SMILES string of the molecule is C1CCNC1.CCOc1cc(OC)c(S)cc1C1=N[C@](C)(c2ccc(Cl)cc2)[C@](C)(c2ccc(Cl)cc2)N1. The van der Waals surface area contributed by atoms with Gasteiger partial charge in [-0.05, 0) is 88.2 Å². The molecule has 3 aromatic carbocycles. The Balaban J connectivity index is 0.000000603. The van der Waals surface area contributed by atoms with E-state index in [1.165, 1.54) is 25.9 Å². The molecule has 2 atom stereocenters. The standard InChI is InChI=1S/C26H26Cl2N2O2S.C4H9N/c1-5-32-21-15-22(31-4)23(33)14-20(21)24-29-25(2,16-6-10-18(27)11-7-16)26(3,30-24)17-8-12-19(28)13-9-17;1-2-4-5-3-1/h6-15,33H,5H2,1-4H3,(H,29,30);5H,1-4H2/t25-,26+;. The van der Waals surface area contributed by atoms with Crippen molar-refractivity contribution in [2.24, 2.45) is 4.99 Å². The fourth-order valence-electron chi connectivity index (χ4n) is 4.91. The Morgan fingerprint density at radius 2 is 1.47 bits per heavy atom. The summed E-state index contributed by atoms with van der Waals surface area (Å²) >= 11 is 17.0. The van der Waals surface area contributed by atoms with Gasteiger partial charge >= 0.3 is 0 Å². The number of nitrogens with zero attached hydrogens (tertiary/aromatic N) is 1. The van der Waals surface area contributed by atoms with Gasteiger partial charge in [-0.3, -0.25) is 4.99 Å². The van der Waals surface area contributed by atoms with Gasteiger partial charge < -0.3 is 20.1 Å². The van der Waals surface area contributed by atoms with Crippen LogP contribution in [0.5, 0.6) is 11.5 Å². The first-order chi connectivity index (χ1) is 18.2. The fraction of sp³-hybridized carbons (Fsp3) is 0.367. The second-order valence-electron chi connectivity index (χ2n) is 9.71. The molecule has 0 aromatic heterocycles. The highest BCUT2D eigenvalue weighted by Gasteiger charge is 2.52. The lowest BCUT2D eigenvalue weighted by atomic mass is 9.72. The molecule has 0 spiro atoms. The Bertz CT molecular complexity index is 1270. The van der Waals surface area contributed by atoms with E-state index in [9.17, 15) is 0 Å². The number of methoxy groups -OCH3 is 1. The number of hydrogen-bond donors (Lipinski definition) is 3. The van der Waals surface area contributed by atoms with Gasteiger partial charge in [0, 0.05) is 21.0 Å². The molecule has 2 heterocycles. The summed E-state index contributed by atoms with van der Waals surface area (Å²) in [6.45, 7) is 9.23. The number of ether oxygens (including phenoxy) is 2. The molecular weight excluding hydrogens is 537 g/mol. The fourth-order valence-corrected chi connectivity index (χ4v) is 5.45. The molecule has 2 aliphatic heterocycles. The maximum absolute atomic E-state index is 6.19. The molecule has 5 rings (SSSR count). The van der Waals surface area contributed by atoms with Crippen molar-refractivity contribution in [2.75, 3.05) is 26.8 Å². The van der Waals surface area contributed by atoms with E-state index in [4.69, 9.17) is 37.7 Å². The van der Waals surface area contributed by atoms with E-state index in [0.29, 0.717) is 38.9 Å². The van der Waals surface area contributed by atoms with Gasteiger partial charge in [0.2, 0.25) is 0 Å². The summed E-state index contributed by atoms with van der Waals surface area (Å²) in [7, 11) is 1.62. The zero-order valence-electron chi connectivity index (χ0n) is 22.3. The minimum Gasteiger partial charge on any atom is -0.495 e. The highest BCUT2D eigenvalue weighted by Crippen LogP contribution is 2.48. The molecule has 0 radical (unpaired) electrons. The van der Waals surface area contributed by atoms with E-state index in [1.54, 1.807) is 7.11 Å². The van der Waals surface area contributed by atoms with Crippen molar-refractivity contribution in [3.63, 3.8) is 0 Å². The number of halogens is 2. The summed E-state index contributed by atoms with van der Waals surface area (Å²) < 4.78 is 11.4. The first-order valence-electron chi connectivity index (χ1n) is 12.9. The molecular formula is C30H35Cl2N3O2S. The normalized spacial score (nSPS) is 22.2. The number of thiol groups is 1. The third-order valence-corrected chi connectivity index (χ3v) is 8.15. The lowest BCUT2D eigenvalue weighted by Gasteiger charge is -2.40. The van der Waals surface area contributed by atoms with Gasteiger partial charge in [-0.2, -0.15) is 0 Å². The van der Waals surface area contributed by atoms with Crippen molar-refractivity contribution in [3.8, 4) is 11.5 Å². The van der Waals surface area contributed by atoms with Crippen molar-refractivity contribution >= 4 is 41.7 Å². The third-order valence-electron chi connectivity index (χ3n) is 7.30. The first-order valence-corrected chi connectivity index (χ1v) is 14.1. The van der Waals surface area contributed by atoms with Crippen LogP contribution in [-0.4, -0.2) is 32.6 Å². The highest BCUT2D eigenvalue weighted by molar-refractivity contribution is 7.80. The van der Waals surface area contributed by atoms with Crippen LogP contribution < -0.4 is 20.1 Å². The molecule has 8 heteroatoms. The lowest BCUT2D eigenvalue weighted by Crippen LogP contribution is -2.50. The van der Waals surface area contributed by atoms with Crippen molar-refractivity contribution in [2.45, 2.75) is 49.6 Å². The summed E-state index contributed by atoms with van der Waals surface area (Å²) in [5, 5.41) is 8.29. The second-order valence-corrected chi connectivity index (χ2v) is 11.1. The maximum Gasteiger partial charge on any atom is 0.135 e. The zero-order chi connectivity index (χ0) is 27.3. The van der Waals surface area contributed by atoms with Crippen LogP contribution in [0.1, 0.15) is 50.3 Å². The molecule has 38 heavy (non-hydrogen) atoms. The number of rotatable bonds is 6. The van der Waals surface area contributed by atoms with Gasteiger partial charge in [-0.25, -0.2) is 0 Å². The van der Waals surface area contributed by atoms with Crippen LogP contribution in [-0.2, 0) is 11.1 Å². The number of hydrogen-bond acceptors (Lipinski definition) is 6. The summed E-state index contributed by atoms with van der Waals surface area (Å²) in [5.74, 6) is 2.04. The molecule has 202 valence electrons. The van der Waals surface area contributed by atoms with Gasteiger partial charge in [0.1, 0.15) is 22.9 Å². The number of aliphatic imine (C=N–C) groups is 1. The maximum atomic E-state index is 6.19. The summed E-state index contributed by atoms with van der Waals surface area (Å²) in [6.07, 6.45) is 2.78. The molecule has 0 bridgehead atoms. The largest absolute Gasteiger partial charge is 0.495 e. The quantitative estimate of drug-likeness (QED) is 0.273. The molecule has 0 aliphatic carbocycles. The van der Waals surface area contributed by atoms with Crippen molar-refractivity contribution in [1.29, 1.82) is 0 Å². The van der Waals surface area contributed by atoms with Gasteiger partial charge in [-0.1, -0.05) is 47.5 Å². The van der Waals surface area contributed by atoms with Crippen LogP contribution in [0.4, 0.5) is 0 Å². The van der Waals surface area contributed by atoms with Crippen LogP contribution in [0.15, 0.2) is 70.6 Å². The Labute approximate surface area is 241 Å². The molecule has 1 fully saturated rings. The number of amidine groups is 1. The minimum atomic E-state index is -0.652. The summed E-state index contributed by atoms with van der Waals surface area (Å²) in [6, 6.07) is 19.5. The third kappa shape index (κ3) is 5.79. The first kappa shape index (κ1) is 28.6. The van der Waals surface area contributed by atoms with Crippen LogP contribution >= 0.6 is 35.8 Å². The predicted octanol–water partition coefficient (Wildman–Crippen LogP) is 7.24. The lowest BCUT2D eigenvalue weighted by molar-refractivity contribution is 0.268. The van der Waals surface area contributed by atoms with Gasteiger partial charge in [0.15, 0.2) is 0 Å². The molecule has 0 unspecified atom stereocenters. The second kappa shape index (κ2) is 12.2. The number of nitrogens with one attached hydrogen (secondary N) is 2. The van der Waals surface area contributed by atoms with Gasteiger partial charge in [-0.15, -0.1) is 12.6 Å². The Kier molecular flexibility index (Phi) is 9.19. The van der Waals surface area contributed by atoms with Crippen molar-refractivity contribution < 1.29 is 9.47 Å². The van der Waals surface area contributed by atoms with Gasteiger partial charge in [0.25, 0.3) is 0 Å². The van der Waals surface area contributed by atoms with E-state index in [2.05, 4.69) is 37.1 Å². The smallest absolute Gasteiger partial charge is 0.135 e. The molecule has 0 amide bonds. The Hall–Kier alpha value is -2.38. The number of benzene rings is 3. The summed E-state index contributed by atoms with van der Waals surface area (Å²) in [4.78, 5) is 5.96. The van der Waals surface area contributed by atoms with E-state index in [1.807, 2.05) is 67.6 Å². The van der Waals surface area contributed by atoms with Crippen LogP contribution in [0.2, 0.25) is 10.0 Å². The molecule has 1 saturated heterocycles. The Morgan fingerprint density at radius 1 is 0.895 bits per heavy atom. The van der Waals surface area contributed by atoms with Crippen molar-refractivity contribution in [1.82, 2.24) is 10.6 Å². The molecule has 3 aromatic rings. The van der Waals surface area contributed by atoms with Crippen LogP contribution in [0.25, 0.3) is 0 Å². The molecule has 5 nitrogen and oxygen atoms in total. The summed E-state index contributed by atoms with van der Waals surface area (Å²) in [5.41, 5.74) is 1.67. The molecule has 2 aliphatic rings. The van der Waals surface area contributed by atoms with Crippen LogP contribution in [0.3, 0.4) is 0 Å².